The molecular weight excluding hydrogens is 214 g/mol. The van der Waals surface area contributed by atoms with Gasteiger partial charge in [-0.15, -0.1) is 0 Å². The molecule has 1 aromatic rings. The molecule has 0 radical (unpaired) electrons. The number of rotatable bonds is 2. The van der Waals surface area contributed by atoms with Gasteiger partial charge in [-0.2, -0.15) is 0 Å². The van der Waals surface area contributed by atoms with Gasteiger partial charge in [-0.25, -0.2) is 0 Å². The van der Waals surface area contributed by atoms with Crippen molar-refractivity contribution in [2.24, 2.45) is 5.41 Å². The maximum atomic E-state index is 12.2. The fourth-order valence-corrected chi connectivity index (χ4v) is 2.11. The van der Waals surface area contributed by atoms with Crippen molar-refractivity contribution in [2.45, 2.75) is 26.7 Å². The molecule has 0 aliphatic carbocycles. The van der Waals surface area contributed by atoms with Crippen LogP contribution in [0.2, 0.25) is 0 Å². The van der Waals surface area contributed by atoms with Crippen molar-refractivity contribution in [3.05, 3.63) is 24.0 Å². The van der Waals surface area contributed by atoms with Crippen LogP contribution < -0.4 is 10.6 Å². The van der Waals surface area contributed by atoms with Crippen molar-refractivity contribution in [1.29, 1.82) is 0 Å². The Balaban J connectivity index is 2.05. The summed E-state index contributed by atoms with van der Waals surface area (Å²) in [6.45, 7) is 5.83. The average Bonchev–Trinajstić information content (AvgIpc) is 2.30. The minimum Gasteiger partial charge on any atom is -0.324 e. The van der Waals surface area contributed by atoms with Gasteiger partial charge in [-0.3, -0.25) is 9.78 Å². The summed E-state index contributed by atoms with van der Waals surface area (Å²) in [4.78, 5) is 16.3. The van der Waals surface area contributed by atoms with Gasteiger partial charge >= 0.3 is 0 Å². The maximum absolute atomic E-state index is 12.2. The van der Waals surface area contributed by atoms with Crippen LogP contribution >= 0.6 is 0 Å². The normalized spacial score (nSPS) is 18.7. The molecule has 2 N–H and O–H groups in total. The summed E-state index contributed by atoms with van der Waals surface area (Å²) in [6.07, 6.45) is 5.24. The van der Waals surface area contributed by atoms with Gasteiger partial charge in [0, 0.05) is 11.6 Å². The number of piperidine rings is 1. The molecule has 17 heavy (non-hydrogen) atoms. The van der Waals surface area contributed by atoms with E-state index in [0.29, 0.717) is 0 Å². The highest BCUT2D eigenvalue weighted by Gasteiger charge is 2.34. The monoisotopic (exact) mass is 233 g/mol. The lowest BCUT2D eigenvalue weighted by Crippen LogP contribution is -2.42. The molecule has 1 saturated heterocycles. The van der Waals surface area contributed by atoms with Crippen LogP contribution in [0.4, 0.5) is 5.69 Å². The van der Waals surface area contributed by atoms with Crippen molar-refractivity contribution in [1.82, 2.24) is 10.3 Å². The van der Waals surface area contributed by atoms with Crippen molar-refractivity contribution < 1.29 is 4.79 Å². The largest absolute Gasteiger partial charge is 0.324 e. The van der Waals surface area contributed by atoms with Gasteiger partial charge in [0.15, 0.2) is 0 Å². The summed E-state index contributed by atoms with van der Waals surface area (Å²) in [6, 6.07) is 1.94. The molecule has 4 nitrogen and oxygen atoms in total. The van der Waals surface area contributed by atoms with Crippen molar-refractivity contribution >= 4 is 11.6 Å². The lowest BCUT2D eigenvalue weighted by molar-refractivity contribution is -0.126. The number of carbonyl (C=O) groups excluding carboxylic acids is 1. The third kappa shape index (κ3) is 2.82. The van der Waals surface area contributed by atoms with Crippen LogP contribution in [0.1, 0.15) is 25.3 Å². The van der Waals surface area contributed by atoms with Crippen LogP contribution in [-0.2, 0) is 4.79 Å². The third-order valence-corrected chi connectivity index (χ3v) is 3.39. The number of hydrogen-bond donors (Lipinski definition) is 2. The topological polar surface area (TPSA) is 54.0 Å². The van der Waals surface area contributed by atoms with E-state index < -0.39 is 0 Å². The van der Waals surface area contributed by atoms with Crippen LogP contribution in [0.15, 0.2) is 18.5 Å². The van der Waals surface area contributed by atoms with E-state index >= 15 is 0 Å². The standard InChI is InChI=1S/C13H19N3O/c1-10-7-11(9-15-8-10)16-12(17)13(2)3-5-14-6-4-13/h7-9,14H,3-6H2,1-2H3,(H,16,17). The number of carbonyl (C=O) groups is 1. The van der Waals surface area contributed by atoms with Gasteiger partial charge in [-0.1, -0.05) is 6.92 Å². The Bertz CT molecular complexity index is 411. The molecule has 1 aliphatic rings. The molecule has 1 amide bonds. The van der Waals surface area contributed by atoms with E-state index in [1.807, 2.05) is 19.9 Å². The number of anilines is 1. The second-order valence-electron chi connectivity index (χ2n) is 5.02. The van der Waals surface area contributed by atoms with Gasteiger partial charge < -0.3 is 10.6 Å². The zero-order valence-electron chi connectivity index (χ0n) is 10.4. The van der Waals surface area contributed by atoms with Gasteiger partial charge in [0.1, 0.15) is 0 Å². The smallest absolute Gasteiger partial charge is 0.230 e. The Hall–Kier alpha value is -1.42. The van der Waals surface area contributed by atoms with Crippen LogP contribution in [-0.4, -0.2) is 24.0 Å². The van der Waals surface area contributed by atoms with Crippen LogP contribution in [0.5, 0.6) is 0 Å². The van der Waals surface area contributed by atoms with E-state index in [1.54, 1.807) is 12.4 Å². The van der Waals surface area contributed by atoms with Gasteiger partial charge in [0.25, 0.3) is 0 Å². The van der Waals surface area contributed by atoms with E-state index in [4.69, 9.17) is 0 Å². The number of hydrogen-bond acceptors (Lipinski definition) is 3. The molecule has 4 heteroatoms. The highest BCUT2D eigenvalue weighted by Crippen LogP contribution is 2.29. The molecule has 1 fully saturated rings. The Kier molecular flexibility index (Phi) is 3.43. The average molecular weight is 233 g/mol. The lowest BCUT2D eigenvalue weighted by Gasteiger charge is -2.32. The first kappa shape index (κ1) is 12.0. The maximum Gasteiger partial charge on any atom is 0.230 e. The zero-order valence-corrected chi connectivity index (χ0v) is 10.4. The number of nitrogens with one attached hydrogen (secondary N) is 2. The zero-order chi connectivity index (χ0) is 12.3. The summed E-state index contributed by atoms with van der Waals surface area (Å²) in [5.41, 5.74) is 1.59. The SMILES string of the molecule is Cc1cncc(NC(=O)C2(C)CCNCC2)c1. The number of amides is 1. The first-order valence-electron chi connectivity index (χ1n) is 6.04. The van der Waals surface area contributed by atoms with E-state index in [9.17, 15) is 4.79 Å². The number of pyridine rings is 1. The summed E-state index contributed by atoms with van der Waals surface area (Å²) < 4.78 is 0. The third-order valence-electron chi connectivity index (χ3n) is 3.39. The van der Waals surface area contributed by atoms with Gasteiger partial charge in [0.2, 0.25) is 5.91 Å². The summed E-state index contributed by atoms with van der Waals surface area (Å²) in [5, 5.41) is 6.24. The predicted molar refractivity (Wildman–Crippen MR) is 67.8 cm³/mol. The summed E-state index contributed by atoms with van der Waals surface area (Å²) in [5.74, 6) is 0.103. The Morgan fingerprint density at radius 1 is 1.41 bits per heavy atom. The molecular formula is C13H19N3O. The van der Waals surface area contributed by atoms with Crippen molar-refractivity contribution in [2.75, 3.05) is 18.4 Å². The van der Waals surface area contributed by atoms with Gasteiger partial charge in [0.05, 0.1) is 11.9 Å². The van der Waals surface area contributed by atoms with E-state index in [2.05, 4.69) is 15.6 Å². The van der Waals surface area contributed by atoms with Crippen molar-refractivity contribution in [3.63, 3.8) is 0 Å². The summed E-state index contributed by atoms with van der Waals surface area (Å²) in [7, 11) is 0. The first-order valence-corrected chi connectivity index (χ1v) is 6.04. The molecule has 92 valence electrons. The number of nitrogens with zero attached hydrogens (tertiary/aromatic N) is 1. The van der Waals surface area contributed by atoms with Crippen LogP contribution in [0.3, 0.4) is 0 Å². The lowest BCUT2D eigenvalue weighted by atomic mass is 9.80. The van der Waals surface area contributed by atoms with Crippen LogP contribution in [0.25, 0.3) is 0 Å². The number of aryl methyl sites for hydroxylation is 1. The Morgan fingerprint density at radius 3 is 2.76 bits per heavy atom. The Labute approximate surface area is 102 Å². The molecule has 0 aromatic carbocycles. The second-order valence-corrected chi connectivity index (χ2v) is 5.02. The highest BCUT2D eigenvalue weighted by atomic mass is 16.2. The predicted octanol–water partition coefficient (Wildman–Crippen LogP) is 1.72. The second kappa shape index (κ2) is 4.84. The Morgan fingerprint density at radius 2 is 2.12 bits per heavy atom. The summed E-state index contributed by atoms with van der Waals surface area (Å²) >= 11 is 0. The highest BCUT2D eigenvalue weighted by molar-refractivity contribution is 5.95. The fraction of sp³-hybridized carbons (Fsp3) is 0.538. The molecule has 1 aromatic heterocycles. The minimum atomic E-state index is -0.255. The molecule has 0 atom stereocenters. The molecule has 0 saturated carbocycles. The molecule has 1 aliphatic heterocycles. The van der Waals surface area contributed by atoms with Crippen LogP contribution in [0, 0.1) is 12.3 Å². The molecule has 0 bridgehead atoms. The fourth-order valence-electron chi connectivity index (χ4n) is 2.11. The van der Waals surface area contributed by atoms with E-state index in [0.717, 1.165) is 37.2 Å². The van der Waals surface area contributed by atoms with Gasteiger partial charge in [-0.05, 0) is 44.5 Å². The molecule has 0 unspecified atom stereocenters. The number of aromatic nitrogens is 1. The minimum absolute atomic E-state index is 0.103. The van der Waals surface area contributed by atoms with Crippen molar-refractivity contribution in [3.8, 4) is 0 Å². The first-order chi connectivity index (χ1) is 8.10. The molecule has 2 rings (SSSR count). The molecule has 0 spiro atoms. The quantitative estimate of drug-likeness (QED) is 0.817. The molecule has 2 heterocycles. The van der Waals surface area contributed by atoms with E-state index in [-0.39, 0.29) is 11.3 Å². The van der Waals surface area contributed by atoms with E-state index in [1.165, 1.54) is 0 Å².